The smallest absolute Gasteiger partial charge is 0.328 e. The highest BCUT2D eigenvalue weighted by atomic mass is 35.5. The Bertz CT molecular complexity index is 295. The van der Waals surface area contributed by atoms with E-state index in [0.29, 0.717) is 31.3 Å². The molecule has 1 atom stereocenters. The van der Waals surface area contributed by atoms with Crippen molar-refractivity contribution in [3.05, 3.63) is 0 Å². The first-order chi connectivity index (χ1) is 9.46. The lowest BCUT2D eigenvalue weighted by atomic mass is 10.0. The molecule has 0 heterocycles. The Hall–Kier alpha value is -0.680. The molecule has 2 amide bonds. The first kappa shape index (κ1) is 19.3. The van der Waals surface area contributed by atoms with Gasteiger partial charge in [-0.2, -0.15) is 0 Å². The van der Waals surface area contributed by atoms with Crippen LogP contribution in [0, 0.1) is 5.92 Å². The molecule has 0 aliphatic carbocycles. The van der Waals surface area contributed by atoms with Crippen LogP contribution in [-0.2, 0) is 9.53 Å². The van der Waals surface area contributed by atoms with Crippen molar-refractivity contribution < 1.29 is 14.3 Å². The van der Waals surface area contributed by atoms with Crippen molar-refractivity contribution in [2.24, 2.45) is 5.92 Å². The van der Waals surface area contributed by atoms with Crippen LogP contribution in [0.2, 0.25) is 0 Å². The predicted molar refractivity (Wildman–Crippen MR) is 81.4 cm³/mol. The molecule has 5 nitrogen and oxygen atoms in total. The van der Waals surface area contributed by atoms with Crippen LogP contribution in [0.15, 0.2) is 0 Å². The molecule has 118 valence electrons. The second-order valence-electron chi connectivity index (χ2n) is 4.75. The highest BCUT2D eigenvalue weighted by molar-refractivity contribution is 6.18. The summed E-state index contributed by atoms with van der Waals surface area (Å²) in [5, 5.41) is 2.70. The first-order valence-corrected chi connectivity index (χ1v) is 7.87. The summed E-state index contributed by atoms with van der Waals surface area (Å²) < 4.78 is 4.98. The fourth-order valence-corrected chi connectivity index (χ4v) is 2.10. The van der Waals surface area contributed by atoms with E-state index in [1.54, 1.807) is 6.92 Å². The molecule has 0 radical (unpaired) electrons. The second kappa shape index (κ2) is 11.0. The normalized spacial score (nSPS) is 12.1. The molecule has 0 rings (SSSR count). The van der Waals surface area contributed by atoms with Gasteiger partial charge >= 0.3 is 12.0 Å². The topological polar surface area (TPSA) is 58.6 Å². The number of carbonyl (C=O) groups excluding carboxylic acids is 2. The molecule has 0 saturated heterocycles. The number of amides is 2. The van der Waals surface area contributed by atoms with Crippen LogP contribution >= 0.6 is 23.2 Å². The SMILES string of the molecule is CCOC(=O)C(CC(C)C)NC(=O)N(CCCl)CCCl. The largest absolute Gasteiger partial charge is 0.464 e. The summed E-state index contributed by atoms with van der Waals surface area (Å²) in [6, 6.07) is -0.986. The van der Waals surface area contributed by atoms with Crippen molar-refractivity contribution in [2.45, 2.75) is 33.2 Å². The monoisotopic (exact) mass is 326 g/mol. The van der Waals surface area contributed by atoms with E-state index in [4.69, 9.17) is 27.9 Å². The second-order valence-corrected chi connectivity index (χ2v) is 5.50. The van der Waals surface area contributed by atoms with Crippen molar-refractivity contribution >= 4 is 35.2 Å². The van der Waals surface area contributed by atoms with Gasteiger partial charge in [0.25, 0.3) is 0 Å². The summed E-state index contributed by atoms with van der Waals surface area (Å²) in [5.41, 5.74) is 0. The number of carbonyl (C=O) groups is 2. The van der Waals surface area contributed by atoms with Gasteiger partial charge in [0, 0.05) is 24.8 Å². The Balaban J connectivity index is 4.67. The molecular weight excluding hydrogens is 303 g/mol. The maximum absolute atomic E-state index is 12.1. The molecule has 0 bridgehead atoms. The average Bonchev–Trinajstić information content (AvgIpc) is 2.37. The quantitative estimate of drug-likeness (QED) is 0.523. The number of rotatable bonds is 9. The van der Waals surface area contributed by atoms with Gasteiger partial charge in [0.2, 0.25) is 0 Å². The fraction of sp³-hybridized carbons (Fsp3) is 0.846. The molecule has 1 unspecified atom stereocenters. The number of ether oxygens (including phenoxy) is 1. The summed E-state index contributed by atoms with van der Waals surface area (Å²) in [6.45, 7) is 6.76. The molecule has 0 fully saturated rings. The van der Waals surface area contributed by atoms with Crippen LogP contribution in [0.4, 0.5) is 4.79 Å². The molecule has 7 heteroatoms. The molecule has 0 aromatic carbocycles. The van der Waals surface area contributed by atoms with Crippen LogP contribution in [0.3, 0.4) is 0 Å². The third-order valence-electron chi connectivity index (χ3n) is 2.57. The van der Waals surface area contributed by atoms with Gasteiger partial charge in [-0.05, 0) is 19.3 Å². The molecule has 0 aromatic heterocycles. The Morgan fingerprint density at radius 3 is 2.15 bits per heavy atom. The molecular formula is C13H24Cl2N2O3. The molecule has 0 saturated carbocycles. The molecule has 0 aromatic rings. The molecule has 20 heavy (non-hydrogen) atoms. The number of esters is 1. The first-order valence-electron chi connectivity index (χ1n) is 6.80. The lowest BCUT2D eigenvalue weighted by Crippen LogP contribution is -2.50. The zero-order valence-electron chi connectivity index (χ0n) is 12.3. The van der Waals surface area contributed by atoms with Crippen LogP contribution in [0.25, 0.3) is 0 Å². The van der Waals surface area contributed by atoms with Crippen LogP contribution < -0.4 is 5.32 Å². The van der Waals surface area contributed by atoms with Crippen molar-refractivity contribution in [1.29, 1.82) is 0 Å². The summed E-state index contributed by atoms with van der Waals surface area (Å²) in [4.78, 5) is 25.5. The Morgan fingerprint density at radius 2 is 1.75 bits per heavy atom. The van der Waals surface area contributed by atoms with Crippen molar-refractivity contribution in [2.75, 3.05) is 31.5 Å². The van der Waals surface area contributed by atoms with Gasteiger partial charge in [-0.3, -0.25) is 0 Å². The summed E-state index contributed by atoms with van der Waals surface area (Å²) in [5.74, 6) is 0.488. The van der Waals surface area contributed by atoms with E-state index in [1.807, 2.05) is 13.8 Å². The van der Waals surface area contributed by atoms with Gasteiger partial charge in [-0.25, -0.2) is 9.59 Å². The summed E-state index contributed by atoms with van der Waals surface area (Å²) in [7, 11) is 0. The van der Waals surface area contributed by atoms with Crippen molar-refractivity contribution in [1.82, 2.24) is 10.2 Å². The third kappa shape index (κ3) is 7.80. The predicted octanol–water partition coefficient (Wildman–Crippen LogP) is 2.45. The van der Waals surface area contributed by atoms with Crippen LogP contribution in [0.1, 0.15) is 27.2 Å². The molecule has 0 spiro atoms. The van der Waals surface area contributed by atoms with Gasteiger partial charge in [-0.15, -0.1) is 23.2 Å². The number of alkyl halides is 2. The maximum atomic E-state index is 12.1. The fourth-order valence-electron chi connectivity index (χ4n) is 1.69. The van der Waals surface area contributed by atoms with Crippen molar-refractivity contribution in [3.63, 3.8) is 0 Å². The molecule has 1 N–H and O–H groups in total. The Kier molecular flexibility index (Phi) is 10.7. The van der Waals surface area contributed by atoms with E-state index in [1.165, 1.54) is 4.90 Å². The van der Waals surface area contributed by atoms with Gasteiger partial charge in [-0.1, -0.05) is 13.8 Å². The van der Waals surface area contributed by atoms with E-state index in [0.717, 1.165) is 0 Å². The van der Waals surface area contributed by atoms with Crippen LogP contribution in [-0.4, -0.2) is 54.4 Å². The third-order valence-corrected chi connectivity index (χ3v) is 2.91. The number of hydrogen-bond donors (Lipinski definition) is 1. The van der Waals surface area contributed by atoms with Crippen molar-refractivity contribution in [3.8, 4) is 0 Å². The standard InChI is InChI=1S/C13H24Cl2N2O3/c1-4-20-12(18)11(9-10(2)3)16-13(19)17(7-5-14)8-6-15/h10-11H,4-9H2,1-3H3,(H,16,19). The van der Waals surface area contributed by atoms with E-state index in [-0.39, 0.29) is 18.6 Å². The zero-order valence-corrected chi connectivity index (χ0v) is 13.8. The highest BCUT2D eigenvalue weighted by Crippen LogP contribution is 2.07. The molecule has 0 aliphatic rings. The lowest BCUT2D eigenvalue weighted by Gasteiger charge is -2.25. The minimum Gasteiger partial charge on any atom is -0.464 e. The number of halogens is 2. The van der Waals surface area contributed by atoms with Gasteiger partial charge in [0.1, 0.15) is 6.04 Å². The zero-order chi connectivity index (χ0) is 15.5. The summed E-state index contributed by atoms with van der Waals surface area (Å²) >= 11 is 11.3. The minimum atomic E-state index is -0.643. The van der Waals surface area contributed by atoms with Crippen LogP contribution in [0.5, 0.6) is 0 Å². The van der Waals surface area contributed by atoms with Gasteiger partial charge in [0.05, 0.1) is 6.61 Å². The van der Waals surface area contributed by atoms with Gasteiger partial charge in [0.15, 0.2) is 0 Å². The molecule has 0 aliphatic heterocycles. The van der Waals surface area contributed by atoms with E-state index in [9.17, 15) is 9.59 Å². The number of nitrogens with one attached hydrogen (secondary N) is 1. The maximum Gasteiger partial charge on any atom is 0.328 e. The Morgan fingerprint density at radius 1 is 1.20 bits per heavy atom. The number of urea groups is 1. The van der Waals surface area contributed by atoms with Gasteiger partial charge < -0.3 is 15.0 Å². The van der Waals surface area contributed by atoms with E-state index in [2.05, 4.69) is 5.32 Å². The number of hydrogen-bond acceptors (Lipinski definition) is 3. The minimum absolute atomic E-state index is 0.263. The Labute approximate surface area is 130 Å². The van der Waals surface area contributed by atoms with E-state index < -0.39 is 12.0 Å². The highest BCUT2D eigenvalue weighted by Gasteiger charge is 2.25. The summed E-state index contributed by atoms with van der Waals surface area (Å²) in [6.07, 6.45) is 0.528. The lowest BCUT2D eigenvalue weighted by molar-refractivity contribution is -0.145. The number of nitrogens with zero attached hydrogens (tertiary/aromatic N) is 1. The average molecular weight is 327 g/mol. The van der Waals surface area contributed by atoms with E-state index >= 15 is 0 Å².